The SMILES string of the molecule is CNS(=O)(=O)c1ccc(NC2CCCCC2n2cccn2)c([N+](=O)[O-])c1. The Morgan fingerprint density at radius 1 is 1.31 bits per heavy atom. The largest absolute Gasteiger partial charge is 0.375 e. The van der Waals surface area contributed by atoms with Gasteiger partial charge in [0.2, 0.25) is 10.0 Å². The number of nitro benzene ring substituents is 1. The van der Waals surface area contributed by atoms with Crippen LogP contribution in [0, 0.1) is 10.1 Å². The fourth-order valence-electron chi connectivity index (χ4n) is 3.34. The Morgan fingerprint density at radius 2 is 2.08 bits per heavy atom. The van der Waals surface area contributed by atoms with E-state index >= 15 is 0 Å². The van der Waals surface area contributed by atoms with Gasteiger partial charge in [0, 0.05) is 24.5 Å². The first-order chi connectivity index (χ1) is 12.4. The van der Waals surface area contributed by atoms with E-state index in [1.807, 2.05) is 16.9 Å². The number of hydrogen-bond donors (Lipinski definition) is 2. The second-order valence-corrected chi connectivity index (χ2v) is 8.12. The molecular formula is C16H21N5O4S. The van der Waals surface area contributed by atoms with E-state index in [4.69, 9.17) is 0 Å². The minimum atomic E-state index is -3.75. The lowest BCUT2D eigenvalue weighted by atomic mass is 9.90. The topological polar surface area (TPSA) is 119 Å². The summed E-state index contributed by atoms with van der Waals surface area (Å²) < 4.78 is 27.9. The van der Waals surface area contributed by atoms with Gasteiger partial charge in [0.05, 0.1) is 15.9 Å². The van der Waals surface area contributed by atoms with Crippen molar-refractivity contribution in [2.24, 2.45) is 0 Å². The van der Waals surface area contributed by atoms with Crippen molar-refractivity contribution < 1.29 is 13.3 Å². The van der Waals surface area contributed by atoms with Gasteiger partial charge >= 0.3 is 0 Å². The first-order valence-corrected chi connectivity index (χ1v) is 9.88. The van der Waals surface area contributed by atoms with Crippen LogP contribution < -0.4 is 10.0 Å². The van der Waals surface area contributed by atoms with Gasteiger partial charge in [-0.25, -0.2) is 13.1 Å². The summed E-state index contributed by atoms with van der Waals surface area (Å²) in [6.07, 6.45) is 7.49. The standard InChI is InChI=1S/C16H21N5O4S/c1-17-26(24,25)12-7-8-14(16(11-12)21(22)23)19-13-5-2-3-6-15(13)20-10-4-9-18-20/h4,7-11,13,15,17,19H,2-3,5-6H2,1H3. The van der Waals surface area contributed by atoms with Gasteiger partial charge in [-0.2, -0.15) is 5.10 Å². The van der Waals surface area contributed by atoms with Gasteiger partial charge in [-0.15, -0.1) is 0 Å². The maximum absolute atomic E-state index is 11.9. The summed E-state index contributed by atoms with van der Waals surface area (Å²) in [7, 11) is -2.48. The number of hydrogen-bond acceptors (Lipinski definition) is 6. The van der Waals surface area contributed by atoms with Gasteiger partial charge in [-0.05, 0) is 38.1 Å². The maximum Gasteiger partial charge on any atom is 0.293 e. The van der Waals surface area contributed by atoms with Crippen molar-refractivity contribution >= 4 is 21.4 Å². The molecule has 0 saturated heterocycles. The highest BCUT2D eigenvalue weighted by molar-refractivity contribution is 7.89. The molecule has 2 aromatic rings. The van der Waals surface area contributed by atoms with Gasteiger partial charge in [0.25, 0.3) is 5.69 Å². The van der Waals surface area contributed by atoms with Crippen LogP contribution in [0.3, 0.4) is 0 Å². The number of rotatable bonds is 6. The summed E-state index contributed by atoms with van der Waals surface area (Å²) in [6.45, 7) is 0. The second-order valence-electron chi connectivity index (χ2n) is 6.23. The van der Waals surface area contributed by atoms with Crippen LogP contribution in [0.4, 0.5) is 11.4 Å². The normalized spacial score (nSPS) is 20.7. The van der Waals surface area contributed by atoms with E-state index in [0.717, 1.165) is 31.7 Å². The minimum absolute atomic E-state index is 0.0193. The third-order valence-corrected chi connectivity index (χ3v) is 6.09. The van der Waals surface area contributed by atoms with Crippen molar-refractivity contribution in [1.29, 1.82) is 0 Å². The molecule has 1 fully saturated rings. The zero-order valence-electron chi connectivity index (χ0n) is 14.3. The van der Waals surface area contributed by atoms with Crippen LogP contribution in [-0.2, 0) is 10.0 Å². The van der Waals surface area contributed by atoms with Crippen molar-refractivity contribution in [3.8, 4) is 0 Å². The second kappa shape index (κ2) is 7.42. The van der Waals surface area contributed by atoms with E-state index in [1.165, 1.54) is 19.2 Å². The summed E-state index contributed by atoms with van der Waals surface area (Å²) in [5.74, 6) is 0. The lowest BCUT2D eigenvalue weighted by Crippen LogP contribution is -2.34. The molecule has 0 amide bonds. The lowest BCUT2D eigenvalue weighted by molar-refractivity contribution is -0.384. The summed E-state index contributed by atoms with van der Waals surface area (Å²) >= 11 is 0. The molecule has 2 atom stereocenters. The van der Waals surface area contributed by atoms with Crippen molar-refractivity contribution in [3.05, 3.63) is 46.8 Å². The smallest absolute Gasteiger partial charge is 0.293 e. The molecule has 1 aliphatic carbocycles. The number of benzene rings is 1. The number of sulfonamides is 1. The van der Waals surface area contributed by atoms with Crippen molar-refractivity contribution in [3.63, 3.8) is 0 Å². The van der Waals surface area contributed by atoms with Crippen LogP contribution >= 0.6 is 0 Å². The van der Waals surface area contributed by atoms with E-state index in [1.54, 1.807) is 6.20 Å². The molecule has 140 valence electrons. The first kappa shape index (κ1) is 18.3. The fourth-order valence-corrected chi connectivity index (χ4v) is 4.09. The summed E-state index contributed by atoms with van der Waals surface area (Å²) in [5, 5.41) is 19.0. The zero-order chi connectivity index (χ0) is 18.7. The lowest BCUT2D eigenvalue weighted by Gasteiger charge is -2.33. The first-order valence-electron chi connectivity index (χ1n) is 8.40. The van der Waals surface area contributed by atoms with E-state index in [2.05, 4.69) is 15.1 Å². The Morgan fingerprint density at radius 3 is 2.73 bits per heavy atom. The average Bonchev–Trinajstić information content (AvgIpc) is 3.16. The highest BCUT2D eigenvalue weighted by atomic mass is 32.2. The summed E-state index contributed by atoms with van der Waals surface area (Å²) in [4.78, 5) is 10.8. The molecule has 3 rings (SSSR count). The molecule has 0 spiro atoms. The molecule has 0 aliphatic heterocycles. The molecule has 1 heterocycles. The van der Waals surface area contributed by atoms with Gasteiger partial charge in [0.15, 0.2) is 0 Å². The molecule has 1 aromatic heterocycles. The van der Waals surface area contributed by atoms with Gasteiger partial charge in [-0.1, -0.05) is 12.8 Å². The van der Waals surface area contributed by atoms with E-state index in [9.17, 15) is 18.5 Å². The van der Waals surface area contributed by atoms with Gasteiger partial charge in [-0.3, -0.25) is 14.8 Å². The number of aromatic nitrogens is 2. The zero-order valence-corrected chi connectivity index (χ0v) is 15.1. The van der Waals surface area contributed by atoms with E-state index in [-0.39, 0.29) is 22.7 Å². The Hall–Kier alpha value is -2.46. The third-order valence-electron chi connectivity index (χ3n) is 4.68. The molecule has 2 N–H and O–H groups in total. The van der Waals surface area contributed by atoms with E-state index in [0.29, 0.717) is 5.69 Å². The van der Waals surface area contributed by atoms with Gasteiger partial charge < -0.3 is 5.32 Å². The molecular weight excluding hydrogens is 358 g/mol. The highest BCUT2D eigenvalue weighted by Gasteiger charge is 2.29. The van der Waals surface area contributed by atoms with Crippen LogP contribution in [0.1, 0.15) is 31.7 Å². The predicted molar refractivity (Wildman–Crippen MR) is 96.5 cm³/mol. The quantitative estimate of drug-likeness (QED) is 0.587. The number of nitrogens with zero attached hydrogens (tertiary/aromatic N) is 3. The Labute approximate surface area is 151 Å². The van der Waals surface area contributed by atoms with E-state index < -0.39 is 14.9 Å². The van der Waals surface area contributed by atoms with Gasteiger partial charge in [0.1, 0.15) is 5.69 Å². The number of nitro groups is 1. The van der Waals surface area contributed by atoms with Crippen molar-refractivity contribution in [1.82, 2.24) is 14.5 Å². The Bertz CT molecular complexity index is 882. The van der Waals surface area contributed by atoms with Crippen molar-refractivity contribution in [2.75, 3.05) is 12.4 Å². The highest BCUT2D eigenvalue weighted by Crippen LogP contribution is 2.34. The molecule has 0 bridgehead atoms. The molecule has 1 aliphatic rings. The molecule has 0 radical (unpaired) electrons. The average molecular weight is 379 g/mol. The molecule has 10 heteroatoms. The van der Waals surface area contributed by atoms with Crippen LogP contribution in [0.15, 0.2) is 41.6 Å². The van der Waals surface area contributed by atoms with Crippen LogP contribution in [0.25, 0.3) is 0 Å². The van der Waals surface area contributed by atoms with Crippen molar-refractivity contribution in [2.45, 2.75) is 42.7 Å². The molecule has 1 aromatic carbocycles. The Kier molecular flexibility index (Phi) is 5.23. The molecule has 1 saturated carbocycles. The molecule has 26 heavy (non-hydrogen) atoms. The fraction of sp³-hybridized carbons (Fsp3) is 0.438. The number of anilines is 1. The van der Waals surface area contributed by atoms with Crippen LogP contribution in [0.5, 0.6) is 0 Å². The van der Waals surface area contributed by atoms with Crippen LogP contribution in [0.2, 0.25) is 0 Å². The summed E-state index contributed by atoms with van der Waals surface area (Å²) in [6, 6.07) is 5.84. The molecule has 9 nitrogen and oxygen atoms in total. The number of nitrogens with one attached hydrogen (secondary N) is 2. The third kappa shape index (κ3) is 3.70. The maximum atomic E-state index is 11.9. The Balaban J connectivity index is 1.92. The summed E-state index contributed by atoms with van der Waals surface area (Å²) in [5.41, 5.74) is 0.0558. The molecule has 2 unspecified atom stereocenters. The monoisotopic (exact) mass is 379 g/mol. The minimum Gasteiger partial charge on any atom is -0.375 e. The predicted octanol–water partition coefficient (Wildman–Crippen LogP) is 2.30. The van der Waals surface area contributed by atoms with Crippen LogP contribution in [-0.4, -0.2) is 36.2 Å².